The lowest BCUT2D eigenvalue weighted by Gasteiger charge is -2.20. The molecule has 1 atom stereocenters. The van der Waals surface area contributed by atoms with Crippen molar-refractivity contribution in [3.63, 3.8) is 0 Å². The molecule has 1 unspecified atom stereocenters. The van der Waals surface area contributed by atoms with Crippen molar-refractivity contribution in [1.82, 2.24) is 0 Å². The minimum absolute atomic E-state index is 0.117. The van der Waals surface area contributed by atoms with E-state index in [1.54, 1.807) is 32.4 Å². The fourth-order valence-corrected chi connectivity index (χ4v) is 4.16. The Balaban J connectivity index is 2.54. The molecule has 0 aliphatic heterocycles. The van der Waals surface area contributed by atoms with E-state index in [1.165, 1.54) is 0 Å². The maximum absolute atomic E-state index is 13.6. The molecule has 7 heteroatoms. The molecule has 2 rings (SSSR count). The summed E-state index contributed by atoms with van der Waals surface area (Å²) in [6, 6.07) is 9.04. The van der Waals surface area contributed by atoms with Crippen LogP contribution >= 0.6 is 8.58 Å². The maximum atomic E-state index is 13.6. The molecule has 0 bridgehead atoms. The number of carbonyl (C=O) groups excluding carboxylic acids is 1. The van der Waals surface area contributed by atoms with Gasteiger partial charge in [0.25, 0.3) is 0 Å². The van der Waals surface area contributed by atoms with Crippen LogP contribution in [0.15, 0.2) is 30.3 Å². The smallest absolute Gasteiger partial charge is 0.193 e. The van der Waals surface area contributed by atoms with Gasteiger partial charge in [-0.15, -0.1) is 0 Å². The molecule has 0 N–H and O–H groups in total. The lowest BCUT2D eigenvalue weighted by Crippen LogP contribution is -2.17. The van der Waals surface area contributed by atoms with Gasteiger partial charge in [-0.1, -0.05) is 47.6 Å². The van der Waals surface area contributed by atoms with Crippen LogP contribution in [0.2, 0.25) is 0 Å². The van der Waals surface area contributed by atoms with Gasteiger partial charge in [-0.3, -0.25) is 4.79 Å². The van der Waals surface area contributed by atoms with Crippen LogP contribution in [-0.2, 0) is 0 Å². The monoisotopic (exact) mass is 490 g/mol. The predicted molar refractivity (Wildman–Crippen MR) is 139 cm³/mol. The Kier molecular flexibility index (Phi) is 11.0. The summed E-state index contributed by atoms with van der Waals surface area (Å²) in [5.41, 5.74) is 0.296. The van der Waals surface area contributed by atoms with E-state index >= 15 is 0 Å². The van der Waals surface area contributed by atoms with Gasteiger partial charge < -0.3 is 23.7 Å². The molecule has 0 aliphatic carbocycles. The van der Waals surface area contributed by atoms with Crippen LogP contribution in [0.3, 0.4) is 0 Å². The molecule has 2 aromatic carbocycles. The fraction of sp³-hybridized carbons (Fsp3) is 0.519. The summed E-state index contributed by atoms with van der Waals surface area (Å²) in [7, 11) is 2.84. The van der Waals surface area contributed by atoms with Gasteiger partial charge in [0, 0.05) is 12.1 Å². The highest BCUT2D eigenvalue weighted by Gasteiger charge is 2.24. The molecular weight excluding hydrogens is 451 g/mol. The quantitative estimate of drug-likeness (QED) is 0.305. The summed E-state index contributed by atoms with van der Waals surface area (Å²) in [5.74, 6) is 3.85. The zero-order valence-corrected chi connectivity index (χ0v) is 22.7. The van der Waals surface area contributed by atoms with Crippen molar-refractivity contribution in [2.45, 2.75) is 41.5 Å². The number of hydrogen-bond acceptors (Lipinski definition) is 6. The molecule has 34 heavy (non-hydrogen) atoms. The van der Waals surface area contributed by atoms with E-state index in [0.29, 0.717) is 71.9 Å². The molecule has 188 valence electrons. The molecule has 2 aromatic rings. The van der Waals surface area contributed by atoms with E-state index in [0.717, 1.165) is 5.30 Å². The summed E-state index contributed by atoms with van der Waals surface area (Å²) >= 11 is 0. The van der Waals surface area contributed by atoms with Crippen molar-refractivity contribution in [2.24, 2.45) is 17.8 Å². The Morgan fingerprint density at radius 1 is 0.735 bits per heavy atom. The number of rotatable bonds is 14. The second kappa shape index (κ2) is 13.4. The van der Waals surface area contributed by atoms with E-state index in [9.17, 15) is 4.79 Å². The van der Waals surface area contributed by atoms with E-state index in [-0.39, 0.29) is 14.1 Å². The SMILES string of the molecule is COc1cccc(OC)c1C(=O)Pc1c(OCC(C)C)cc(OCC(C)C)cc1OCC(C)C. The van der Waals surface area contributed by atoms with E-state index in [4.69, 9.17) is 23.7 Å². The number of carbonyl (C=O) groups is 1. The molecule has 0 saturated carbocycles. The Hall–Kier alpha value is -2.46. The van der Waals surface area contributed by atoms with Gasteiger partial charge in [-0.25, -0.2) is 0 Å². The summed E-state index contributed by atoms with van der Waals surface area (Å²) in [4.78, 5) is 13.6. The lowest BCUT2D eigenvalue weighted by atomic mass is 10.2. The molecule has 0 radical (unpaired) electrons. The predicted octanol–water partition coefficient (Wildman–Crippen LogP) is 5.95. The summed E-state index contributed by atoms with van der Waals surface area (Å²) < 4.78 is 29.3. The Morgan fingerprint density at radius 3 is 1.59 bits per heavy atom. The van der Waals surface area contributed by atoms with Crippen molar-refractivity contribution in [2.75, 3.05) is 34.0 Å². The van der Waals surface area contributed by atoms with Gasteiger partial charge in [-0.2, -0.15) is 0 Å². The molecule has 0 aromatic heterocycles. The Morgan fingerprint density at radius 2 is 1.18 bits per heavy atom. The van der Waals surface area contributed by atoms with Crippen molar-refractivity contribution in [1.29, 1.82) is 0 Å². The van der Waals surface area contributed by atoms with Gasteiger partial charge in [0.2, 0.25) is 0 Å². The highest BCUT2D eigenvalue weighted by atomic mass is 31.1. The zero-order chi connectivity index (χ0) is 25.3. The van der Waals surface area contributed by atoms with Gasteiger partial charge >= 0.3 is 0 Å². The van der Waals surface area contributed by atoms with Crippen LogP contribution in [-0.4, -0.2) is 39.6 Å². The molecule has 0 spiro atoms. The van der Waals surface area contributed by atoms with Gasteiger partial charge in [-0.05, 0) is 38.5 Å². The largest absolute Gasteiger partial charge is 0.496 e. The minimum Gasteiger partial charge on any atom is -0.496 e. The molecule has 0 aliphatic rings. The van der Waals surface area contributed by atoms with E-state index in [2.05, 4.69) is 41.5 Å². The van der Waals surface area contributed by atoms with Gasteiger partial charge in [0.05, 0.1) is 39.3 Å². The second-order valence-electron chi connectivity index (χ2n) is 9.40. The number of hydrogen-bond donors (Lipinski definition) is 0. The third-order valence-corrected chi connectivity index (χ3v) is 5.88. The number of benzene rings is 2. The Bertz CT molecular complexity index is 883. The van der Waals surface area contributed by atoms with E-state index in [1.807, 2.05) is 12.1 Å². The Labute approximate surface area is 206 Å². The molecule has 0 saturated heterocycles. The van der Waals surface area contributed by atoms with Crippen molar-refractivity contribution in [3.05, 3.63) is 35.9 Å². The highest BCUT2D eigenvalue weighted by Crippen LogP contribution is 2.39. The molecule has 0 fully saturated rings. The molecule has 0 heterocycles. The standard InChI is InChI=1S/C27H39O6P/c1-17(2)14-31-20-12-23(32-15-18(3)4)26(24(13-20)33-16-19(5)6)34-27(28)25-21(29-7)10-9-11-22(25)30-8/h9-13,17-19,34H,14-16H2,1-8H3. The maximum Gasteiger partial charge on any atom is 0.193 e. The highest BCUT2D eigenvalue weighted by molar-refractivity contribution is 7.66. The first-order valence-corrected chi connectivity index (χ1v) is 12.7. The fourth-order valence-electron chi connectivity index (χ4n) is 3.03. The zero-order valence-electron chi connectivity index (χ0n) is 21.7. The topological polar surface area (TPSA) is 63.2 Å². The average Bonchev–Trinajstić information content (AvgIpc) is 2.80. The normalized spacial score (nSPS) is 11.5. The van der Waals surface area contributed by atoms with Crippen molar-refractivity contribution < 1.29 is 28.5 Å². The molecule has 0 amide bonds. The van der Waals surface area contributed by atoms with Crippen LogP contribution in [0.5, 0.6) is 28.7 Å². The summed E-state index contributed by atoms with van der Waals surface area (Å²) in [5, 5.41) is 0.719. The van der Waals surface area contributed by atoms with Gasteiger partial charge in [0.15, 0.2) is 5.52 Å². The summed E-state index contributed by atoms with van der Waals surface area (Å²) in [6.45, 7) is 14.1. The van der Waals surface area contributed by atoms with Crippen molar-refractivity contribution in [3.8, 4) is 28.7 Å². The number of methoxy groups -OCH3 is 2. The number of ether oxygens (including phenoxy) is 5. The second-order valence-corrected chi connectivity index (χ2v) is 10.6. The molecular formula is C27H39O6P. The van der Waals surface area contributed by atoms with Crippen molar-refractivity contribution >= 4 is 19.4 Å². The third-order valence-electron chi connectivity index (χ3n) is 4.66. The lowest BCUT2D eigenvalue weighted by molar-refractivity contribution is 0.108. The molecule has 6 nitrogen and oxygen atoms in total. The van der Waals surface area contributed by atoms with Crippen LogP contribution in [0.4, 0.5) is 0 Å². The first-order chi connectivity index (χ1) is 16.2. The minimum atomic E-state index is -0.252. The summed E-state index contributed by atoms with van der Waals surface area (Å²) in [6.07, 6.45) is 0. The first-order valence-electron chi connectivity index (χ1n) is 11.7. The van der Waals surface area contributed by atoms with Crippen LogP contribution in [0.25, 0.3) is 0 Å². The first kappa shape index (κ1) is 27.8. The van der Waals surface area contributed by atoms with E-state index < -0.39 is 0 Å². The third kappa shape index (κ3) is 8.09. The van der Waals surface area contributed by atoms with Crippen LogP contribution < -0.4 is 29.0 Å². The van der Waals surface area contributed by atoms with Crippen LogP contribution in [0.1, 0.15) is 51.9 Å². The van der Waals surface area contributed by atoms with Gasteiger partial charge in [0.1, 0.15) is 34.3 Å². The van der Waals surface area contributed by atoms with Crippen LogP contribution in [0, 0.1) is 17.8 Å². The average molecular weight is 491 g/mol.